The van der Waals surface area contributed by atoms with Crippen LogP contribution in [0, 0.1) is 5.92 Å². The molecule has 0 aromatic heterocycles. The van der Waals surface area contributed by atoms with Gasteiger partial charge in [0.2, 0.25) is 17.7 Å². The molecule has 10 nitrogen and oxygen atoms in total. The highest BCUT2D eigenvalue weighted by Crippen LogP contribution is 2.09. The van der Waals surface area contributed by atoms with Crippen LogP contribution in [0.4, 0.5) is 0 Å². The summed E-state index contributed by atoms with van der Waals surface area (Å²) in [6, 6.07) is -2.49. The second-order valence-corrected chi connectivity index (χ2v) is 6.69. The van der Waals surface area contributed by atoms with Gasteiger partial charge in [-0.3, -0.25) is 19.2 Å². The van der Waals surface area contributed by atoms with Gasteiger partial charge in [0.15, 0.2) is 0 Å². The topological polar surface area (TPSA) is 157 Å². The quantitative estimate of drug-likeness (QED) is 0.258. The van der Waals surface area contributed by atoms with Gasteiger partial charge in [-0.25, -0.2) is 0 Å². The summed E-state index contributed by atoms with van der Waals surface area (Å²) in [5.41, 5.74) is 0. The standard InChI is InChI=1S/C16H28N4O6/c1-9(2)6-11(19-15(25)10-4-3-5-17-10)16(26)20-12(8-21)14(24)18-7-13(22)23/h9-12,17,21H,3-8H2,1-2H3,(H,18,24)(H,19,25)(H,20,26)(H,22,23). The van der Waals surface area contributed by atoms with Crippen molar-refractivity contribution in [2.24, 2.45) is 5.92 Å². The van der Waals surface area contributed by atoms with Crippen LogP contribution in [0.25, 0.3) is 0 Å². The smallest absolute Gasteiger partial charge is 0.322 e. The molecule has 0 saturated carbocycles. The summed E-state index contributed by atoms with van der Waals surface area (Å²) in [4.78, 5) is 47.1. The summed E-state index contributed by atoms with van der Waals surface area (Å²) in [6.45, 7) is 3.22. The second kappa shape index (κ2) is 10.7. The molecule has 3 unspecified atom stereocenters. The molecule has 6 N–H and O–H groups in total. The summed E-state index contributed by atoms with van der Waals surface area (Å²) in [5.74, 6) is -2.82. The van der Waals surface area contributed by atoms with Gasteiger partial charge in [0.1, 0.15) is 18.6 Å². The minimum absolute atomic E-state index is 0.107. The van der Waals surface area contributed by atoms with E-state index in [2.05, 4.69) is 21.3 Å². The van der Waals surface area contributed by atoms with Crippen LogP contribution in [0.5, 0.6) is 0 Å². The molecule has 1 rings (SSSR count). The van der Waals surface area contributed by atoms with Crippen molar-refractivity contribution in [3.63, 3.8) is 0 Å². The molecule has 3 amide bonds. The van der Waals surface area contributed by atoms with Gasteiger partial charge in [-0.15, -0.1) is 0 Å². The second-order valence-electron chi connectivity index (χ2n) is 6.69. The summed E-state index contributed by atoms with van der Waals surface area (Å²) in [7, 11) is 0. The third-order valence-corrected chi connectivity index (χ3v) is 3.95. The number of amides is 3. The molecule has 1 saturated heterocycles. The van der Waals surface area contributed by atoms with Crippen LogP contribution in [0.3, 0.4) is 0 Å². The van der Waals surface area contributed by atoms with Crippen LogP contribution in [-0.4, -0.2) is 71.7 Å². The maximum absolute atomic E-state index is 12.5. The van der Waals surface area contributed by atoms with E-state index in [0.29, 0.717) is 12.8 Å². The summed E-state index contributed by atoms with van der Waals surface area (Å²) < 4.78 is 0. The third-order valence-electron chi connectivity index (χ3n) is 3.95. The first kappa shape index (κ1) is 21.8. The minimum Gasteiger partial charge on any atom is -0.480 e. The highest BCUT2D eigenvalue weighted by atomic mass is 16.4. The Balaban J connectivity index is 2.68. The molecule has 0 aromatic carbocycles. The molecule has 1 heterocycles. The first-order valence-electron chi connectivity index (χ1n) is 8.69. The molecule has 0 aliphatic carbocycles. The summed E-state index contributed by atoms with van der Waals surface area (Å²) in [5, 5.41) is 28.1. The van der Waals surface area contributed by atoms with Gasteiger partial charge in [-0.1, -0.05) is 13.8 Å². The van der Waals surface area contributed by atoms with E-state index in [-0.39, 0.29) is 17.9 Å². The Bertz CT molecular complexity index is 519. The molecule has 10 heteroatoms. The van der Waals surface area contributed by atoms with E-state index in [1.165, 1.54) is 0 Å². The average Bonchev–Trinajstić information content (AvgIpc) is 3.10. The summed E-state index contributed by atoms with van der Waals surface area (Å²) >= 11 is 0. The number of aliphatic hydroxyl groups excluding tert-OH is 1. The van der Waals surface area contributed by atoms with Crippen LogP contribution in [0.1, 0.15) is 33.1 Å². The maximum Gasteiger partial charge on any atom is 0.322 e. The molecule has 1 fully saturated rings. The zero-order chi connectivity index (χ0) is 19.7. The molecule has 0 aromatic rings. The lowest BCUT2D eigenvalue weighted by molar-refractivity contribution is -0.139. The number of aliphatic carboxylic acids is 1. The zero-order valence-electron chi connectivity index (χ0n) is 15.1. The van der Waals surface area contributed by atoms with Gasteiger partial charge in [0.25, 0.3) is 0 Å². The number of carbonyl (C=O) groups is 4. The van der Waals surface area contributed by atoms with E-state index in [1.807, 2.05) is 13.8 Å². The van der Waals surface area contributed by atoms with Crippen LogP contribution in [-0.2, 0) is 19.2 Å². The Morgan fingerprint density at radius 2 is 1.81 bits per heavy atom. The Labute approximate surface area is 152 Å². The molecule has 1 aliphatic heterocycles. The highest BCUT2D eigenvalue weighted by Gasteiger charge is 2.30. The number of aliphatic hydroxyl groups is 1. The van der Waals surface area contributed by atoms with Crippen molar-refractivity contribution in [1.82, 2.24) is 21.3 Å². The molecule has 0 radical (unpaired) electrons. The van der Waals surface area contributed by atoms with Crippen molar-refractivity contribution < 1.29 is 29.4 Å². The maximum atomic E-state index is 12.5. The van der Waals surface area contributed by atoms with Crippen molar-refractivity contribution >= 4 is 23.7 Å². The Morgan fingerprint density at radius 3 is 2.31 bits per heavy atom. The number of hydrogen-bond donors (Lipinski definition) is 6. The Morgan fingerprint density at radius 1 is 1.12 bits per heavy atom. The van der Waals surface area contributed by atoms with Gasteiger partial charge in [-0.2, -0.15) is 0 Å². The van der Waals surface area contributed by atoms with E-state index < -0.39 is 43.0 Å². The van der Waals surface area contributed by atoms with Crippen molar-refractivity contribution in [3.8, 4) is 0 Å². The molecule has 1 aliphatic rings. The van der Waals surface area contributed by atoms with Gasteiger partial charge in [0.05, 0.1) is 12.6 Å². The van der Waals surface area contributed by atoms with Crippen LogP contribution >= 0.6 is 0 Å². The average molecular weight is 372 g/mol. The van der Waals surface area contributed by atoms with Crippen molar-refractivity contribution in [2.45, 2.75) is 51.2 Å². The first-order valence-corrected chi connectivity index (χ1v) is 8.69. The van der Waals surface area contributed by atoms with Crippen molar-refractivity contribution in [2.75, 3.05) is 19.7 Å². The lowest BCUT2D eigenvalue weighted by atomic mass is 10.0. The van der Waals surface area contributed by atoms with Gasteiger partial charge in [0, 0.05) is 0 Å². The number of carboxylic acids is 1. The number of hydrogen-bond acceptors (Lipinski definition) is 6. The zero-order valence-corrected chi connectivity index (χ0v) is 15.1. The molecule has 0 bridgehead atoms. The first-order chi connectivity index (χ1) is 12.2. The number of rotatable bonds is 10. The van der Waals surface area contributed by atoms with Gasteiger partial charge < -0.3 is 31.5 Å². The van der Waals surface area contributed by atoms with Gasteiger partial charge in [-0.05, 0) is 31.7 Å². The Hall–Kier alpha value is -2.20. The third kappa shape index (κ3) is 7.36. The molecule has 0 spiro atoms. The SMILES string of the molecule is CC(C)CC(NC(=O)C1CCCN1)C(=O)NC(CO)C(=O)NCC(=O)O. The molecule has 148 valence electrons. The molecular weight excluding hydrogens is 344 g/mol. The lowest BCUT2D eigenvalue weighted by Crippen LogP contribution is -2.57. The predicted octanol–water partition coefficient (Wildman–Crippen LogP) is -2.05. The normalized spacial score (nSPS) is 18.8. The van der Waals surface area contributed by atoms with Crippen molar-refractivity contribution in [1.29, 1.82) is 0 Å². The van der Waals surface area contributed by atoms with Crippen LogP contribution in [0.2, 0.25) is 0 Å². The highest BCUT2D eigenvalue weighted by molar-refractivity contribution is 5.93. The molecular formula is C16H28N4O6. The predicted molar refractivity (Wildman–Crippen MR) is 92.1 cm³/mol. The summed E-state index contributed by atoms with van der Waals surface area (Å²) in [6.07, 6.45) is 1.94. The largest absolute Gasteiger partial charge is 0.480 e. The lowest BCUT2D eigenvalue weighted by Gasteiger charge is -2.24. The van der Waals surface area contributed by atoms with E-state index in [4.69, 9.17) is 5.11 Å². The fraction of sp³-hybridized carbons (Fsp3) is 0.750. The van der Waals surface area contributed by atoms with E-state index in [0.717, 1.165) is 13.0 Å². The van der Waals surface area contributed by atoms with Crippen LogP contribution < -0.4 is 21.3 Å². The molecule has 3 atom stereocenters. The fourth-order valence-corrected chi connectivity index (χ4v) is 2.64. The van der Waals surface area contributed by atoms with Crippen LogP contribution in [0.15, 0.2) is 0 Å². The number of carboxylic acid groups (broad SMARTS) is 1. The molecule has 26 heavy (non-hydrogen) atoms. The number of nitrogens with one attached hydrogen (secondary N) is 4. The number of carbonyl (C=O) groups excluding carboxylic acids is 3. The minimum atomic E-state index is -1.29. The Kier molecular flexibility index (Phi) is 9.00. The van der Waals surface area contributed by atoms with E-state index in [9.17, 15) is 24.3 Å². The monoisotopic (exact) mass is 372 g/mol. The van der Waals surface area contributed by atoms with Crippen molar-refractivity contribution in [3.05, 3.63) is 0 Å². The van der Waals surface area contributed by atoms with E-state index in [1.54, 1.807) is 0 Å². The van der Waals surface area contributed by atoms with E-state index >= 15 is 0 Å². The fourth-order valence-electron chi connectivity index (χ4n) is 2.64. The van der Waals surface area contributed by atoms with Gasteiger partial charge >= 0.3 is 5.97 Å².